The molecule has 4 rings (SSSR count). The average molecular weight is 414 g/mol. The number of nitrogens with zero attached hydrogens (tertiary/aromatic N) is 4. The van der Waals surface area contributed by atoms with E-state index in [1.54, 1.807) is 11.1 Å². The van der Waals surface area contributed by atoms with Gasteiger partial charge in [0.15, 0.2) is 5.69 Å². The highest BCUT2D eigenvalue weighted by Gasteiger charge is 2.29. The van der Waals surface area contributed by atoms with Crippen molar-refractivity contribution in [2.24, 2.45) is 0 Å². The van der Waals surface area contributed by atoms with Gasteiger partial charge < -0.3 is 15.5 Å². The maximum Gasteiger partial charge on any atom is 0.274 e. The van der Waals surface area contributed by atoms with Gasteiger partial charge in [0, 0.05) is 38.8 Å². The molecule has 3 aromatic heterocycles. The Kier molecular flexibility index (Phi) is 5.34. The highest BCUT2D eigenvalue weighted by Crippen LogP contribution is 2.26. The Balaban J connectivity index is 1.55. The van der Waals surface area contributed by atoms with Crippen molar-refractivity contribution in [3.8, 4) is 0 Å². The number of halogens is 1. The lowest BCUT2D eigenvalue weighted by atomic mass is 10.2. The standard InChI is InChI=1S/C19H19FN6O2S/c1-11(27)23-14-2-4-26(10-14)18(28)16-17-15(3-5-29-17)24-19(25-16)22-8-12-6-13(20)9-21-7-12/h3,5-7,9,14H,2,4,8,10H2,1H3,(H,23,27)(H,22,24,25). The van der Waals surface area contributed by atoms with Crippen LogP contribution in [0.2, 0.25) is 0 Å². The zero-order valence-electron chi connectivity index (χ0n) is 15.7. The van der Waals surface area contributed by atoms with Crippen molar-refractivity contribution in [2.75, 3.05) is 18.4 Å². The summed E-state index contributed by atoms with van der Waals surface area (Å²) >= 11 is 1.41. The summed E-state index contributed by atoms with van der Waals surface area (Å²) in [6.07, 6.45) is 3.40. The Labute approximate surface area is 170 Å². The lowest BCUT2D eigenvalue weighted by Crippen LogP contribution is -2.37. The van der Waals surface area contributed by atoms with E-state index in [4.69, 9.17) is 0 Å². The number of amides is 2. The number of anilines is 1. The molecule has 2 N–H and O–H groups in total. The van der Waals surface area contributed by atoms with E-state index in [1.807, 2.05) is 11.4 Å². The fourth-order valence-electron chi connectivity index (χ4n) is 3.32. The fraction of sp³-hybridized carbons (Fsp3) is 0.316. The molecule has 0 radical (unpaired) electrons. The number of rotatable bonds is 5. The molecule has 1 aliphatic heterocycles. The predicted molar refractivity (Wildman–Crippen MR) is 107 cm³/mol. The van der Waals surface area contributed by atoms with Gasteiger partial charge in [-0.15, -0.1) is 11.3 Å². The molecule has 2 amide bonds. The second-order valence-electron chi connectivity index (χ2n) is 6.83. The molecule has 1 saturated heterocycles. The second kappa shape index (κ2) is 8.08. The number of fused-ring (bicyclic) bond motifs is 1. The molecule has 0 bridgehead atoms. The van der Waals surface area contributed by atoms with E-state index in [0.717, 1.165) is 10.9 Å². The molecule has 0 aliphatic carbocycles. The molecule has 0 saturated carbocycles. The summed E-state index contributed by atoms with van der Waals surface area (Å²) in [4.78, 5) is 38.8. The third-order valence-corrected chi connectivity index (χ3v) is 5.51. The van der Waals surface area contributed by atoms with E-state index in [-0.39, 0.29) is 24.4 Å². The van der Waals surface area contributed by atoms with Gasteiger partial charge in [-0.3, -0.25) is 14.6 Å². The molecule has 8 nitrogen and oxygen atoms in total. The number of hydrogen-bond acceptors (Lipinski definition) is 7. The summed E-state index contributed by atoms with van der Waals surface area (Å²) in [7, 11) is 0. The zero-order valence-corrected chi connectivity index (χ0v) is 16.5. The third-order valence-electron chi connectivity index (χ3n) is 4.60. The van der Waals surface area contributed by atoms with Crippen LogP contribution in [0.5, 0.6) is 0 Å². The topological polar surface area (TPSA) is 100 Å². The minimum absolute atomic E-state index is 0.0461. The summed E-state index contributed by atoms with van der Waals surface area (Å²) < 4.78 is 14.0. The molecule has 1 unspecified atom stereocenters. The Bertz CT molecular complexity index is 1070. The van der Waals surface area contributed by atoms with Crippen LogP contribution < -0.4 is 10.6 Å². The van der Waals surface area contributed by atoms with Gasteiger partial charge in [-0.25, -0.2) is 14.4 Å². The Morgan fingerprint density at radius 3 is 3.00 bits per heavy atom. The number of aromatic nitrogens is 3. The summed E-state index contributed by atoms with van der Waals surface area (Å²) in [5.74, 6) is -0.424. The fourth-order valence-corrected chi connectivity index (χ4v) is 4.13. The number of nitrogens with one attached hydrogen (secondary N) is 2. The number of hydrogen-bond donors (Lipinski definition) is 2. The van der Waals surface area contributed by atoms with Crippen LogP contribution in [0, 0.1) is 5.82 Å². The van der Waals surface area contributed by atoms with Crippen LogP contribution >= 0.6 is 11.3 Å². The van der Waals surface area contributed by atoms with Gasteiger partial charge in [-0.05, 0) is 29.5 Å². The first-order valence-corrected chi connectivity index (χ1v) is 10.0. The minimum Gasteiger partial charge on any atom is -0.352 e. The van der Waals surface area contributed by atoms with E-state index in [2.05, 4.69) is 25.6 Å². The molecule has 10 heteroatoms. The highest BCUT2D eigenvalue weighted by molar-refractivity contribution is 7.17. The highest BCUT2D eigenvalue weighted by atomic mass is 32.1. The summed E-state index contributed by atoms with van der Waals surface area (Å²) in [5, 5.41) is 7.75. The van der Waals surface area contributed by atoms with Crippen LogP contribution in [-0.4, -0.2) is 50.8 Å². The molecular weight excluding hydrogens is 395 g/mol. The van der Waals surface area contributed by atoms with Crippen molar-refractivity contribution < 1.29 is 14.0 Å². The molecule has 4 heterocycles. The monoisotopic (exact) mass is 414 g/mol. The van der Waals surface area contributed by atoms with Crippen LogP contribution in [0.25, 0.3) is 10.2 Å². The quantitative estimate of drug-likeness (QED) is 0.664. The van der Waals surface area contributed by atoms with Crippen LogP contribution in [-0.2, 0) is 11.3 Å². The maximum atomic E-state index is 13.3. The lowest BCUT2D eigenvalue weighted by molar-refractivity contribution is -0.119. The molecule has 0 aromatic carbocycles. The number of pyridine rings is 1. The van der Waals surface area contributed by atoms with E-state index in [1.165, 1.54) is 24.3 Å². The molecule has 3 aromatic rings. The molecule has 0 spiro atoms. The maximum absolute atomic E-state index is 13.3. The Morgan fingerprint density at radius 2 is 2.21 bits per heavy atom. The van der Waals surface area contributed by atoms with Gasteiger partial charge in [-0.1, -0.05) is 0 Å². The first kappa shape index (κ1) is 19.2. The van der Waals surface area contributed by atoms with Gasteiger partial charge in [-0.2, -0.15) is 0 Å². The SMILES string of the molecule is CC(=O)NC1CCN(C(=O)c2nc(NCc3cncc(F)c3)nc3ccsc23)C1. The summed E-state index contributed by atoms with van der Waals surface area (Å²) in [6, 6.07) is 3.16. The van der Waals surface area contributed by atoms with Crippen molar-refractivity contribution in [3.05, 3.63) is 47.0 Å². The smallest absolute Gasteiger partial charge is 0.274 e. The number of likely N-dealkylation sites (tertiary alicyclic amines) is 1. The predicted octanol–water partition coefficient (Wildman–Crippen LogP) is 2.19. The summed E-state index contributed by atoms with van der Waals surface area (Å²) in [5.41, 5.74) is 1.64. The van der Waals surface area contributed by atoms with Crippen LogP contribution in [0.3, 0.4) is 0 Å². The van der Waals surface area contributed by atoms with Crippen molar-refractivity contribution in [2.45, 2.75) is 25.9 Å². The molecule has 29 heavy (non-hydrogen) atoms. The number of thiophene rings is 1. The first-order chi connectivity index (χ1) is 14.0. The molecule has 1 fully saturated rings. The van der Waals surface area contributed by atoms with E-state index in [9.17, 15) is 14.0 Å². The van der Waals surface area contributed by atoms with E-state index in [0.29, 0.717) is 42.2 Å². The van der Waals surface area contributed by atoms with Gasteiger partial charge in [0.1, 0.15) is 5.82 Å². The molecule has 1 atom stereocenters. The van der Waals surface area contributed by atoms with E-state index < -0.39 is 5.82 Å². The third kappa shape index (κ3) is 4.32. The van der Waals surface area contributed by atoms with Crippen molar-refractivity contribution in [1.82, 2.24) is 25.2 Å². The Morgan fingerprint density at radius 1 is 1.34 bits per heavy atom. The Hall–Kier alpha value is -3.14. The second-order valence-corrected chi connectivity index (χ2v) is 7.75. The lowest BCUT2D eigenvalue weighted by Gasteiger charge is -2.17. The summed E-state index contributed by atoms with van der Waals surface area (Å²) in [6.45, 7) is 2.75. The van der Waals surface area contributed by atoms with Crippen molar-refractivity contribution in [3.63, 3.8) is 0 Å². The van der Waals surface area contributed by atoms with Crippen molar-refractivity contribution >= 4 is 39.3 Å². The van der Waals surface area contributed by atoms with E-state index >= 15 is 0 Å². The number of carbonyl (C=O) groups excluding carboxylic acids is 2. The average Bonchev–Trinajstić information content (AvgIpc) is 3.34. The van der Waals surface area contributed by atoms with Crippen LogP contribution in [0.1, 0.15) is 29.4 Å². The van der Waals surface area contributed by atoms with Gasteiger partial charge in [0.2, 0.25) is 11.9 Å². The van der Waals surface area contributed by atoms with Crippen LogP contribution in [0.15, 0.2) is 29.9 Å². The minimum atomic E-state index is -0.419. The number of carbonyl (C=O) groups is 2. The van der Waals surface area contributed by atoms with Crippen LogP contribution in [0.4, 0.5) is 10.3 Å². The molecular formula is C19H19FN6O2S. The van der Waals surface area contributed by atoms with Gasteiger partial charge in [0.25, 0.3) is 5.91 Å². The zero-order chi connectivity index (χ0) is 20.4. The molecule has 150 valence electrons. The van der Waals surface area contributed by atoms with Gasteiger partial charge in [0.05, 0.1) is 16.4 Å². The molecule has 1 aliphatic rings. The largest absolute Gasteiger partial charge is 0.352 e. The first-order valence-electron chi connectivity index (χ1n) is 9.14. The normalized spacial score (nSPS) is 16.2. The van der Waals surface area contributed by atoms with Gasteiger partial charge >= 0.3 is 0 Å². The van der Waals surface area contributed by atoms with Crippen molar-refractivity contribution in [1.29, 1.82) is 0 Å².